The lowest BCUT2D eigenvalue weighted by atomic mass is 9.78. The predicted molar refractivity (Wildman–Crippen MR) is 140 cm³/mol. The largest absolute Gasteiger partial charge is 0.488 e. The molecular weight excluding hydrogens is 403 g/mol. The zero-order valence-electron chi connectivity index (χ0n) is 17.9. The fraction of sp³-hybridized carbons (Fsp3) is 0. The summed E-state index contributed by atoms with van der Waals surface area (Å²) in [5, 5.41) is 26.6. The van der Waals surface area contributed by atoms with Gasteiger partial charge >= 0.3 is 7.12 Å². The molecule has 0 aliphatic heterocycles. The minimum Gasteiger partial charge on any atom is -0.423 e. The van der Waals surface area contributed by atoms with Crippen LogP contribution in [0, 0.1) is 0 Å². The lowest BCUT2D eigenvalue weighted by Gasteiger charge is -2.18. The van der Waals surface area contributed by atoms with E-state index in [9.17, 15) is 10.0 Å². The first-order valence-electron chi connectivity index (χ1n) is 11.1. The number of benzene rings is 6. The van der Waals surface area contributed by atoms with Gasteiger partial charge in [-0.3, -0.25) is 0 Å². The molecule has 0 aromatic heterocycles. The number of hydrogen-bond acceptors (Lipinski definition) is 2. The van der Waals surface area contributed by atoms with Crippen molar-refractivity contribution in [2.24, 2.45) is 0 Å². The van der Waals surface area contributed by atoms with E-state index in [0.29, 0.717) is 5.46 Å². The quantitative estimate of drug-likeness (QED) is 0.264. The SMILES string of the molecule is OB(O)c1cccc(-c2c3ccccc3c(-c3ccc4ccccc4c3)c3ccccc23)c1. The fourth-order valence-electron chi connectivity index (χ4n) is 4.95. The molecule has 0 amide bonds. The molecule has 3 heteroatoms. The second-order valence-corrected chi connectivity index (χ2v) is 8.40. The highest BCUT2D eigenvalue weighted by Crippen LogP contribution is 2.43. The highest BCUT2D eigenvalue weighted by molar-refractivity contribution is 6.58. The lowest BCUT2D eigenvalue weighted by molar-refractivity contribution is 0.426. The number of rotatable bonds is 3. The number of hydrogen-bond donors (Lipinski definition) is 2. The van der Waals surface area contributed by atoms with Crippen molar-refractivity contribution in [3.05, 3.63) is 115 Å². The molecule has 2 N–H and O–H groups in total. The highest BCUT2D eigenvalue weighted by Gasteiger charge is 2.18. The van der Waals surface area contributed by atoms with Crippen molar-refractivity contribution >= 4 is 44.9 Å². The highest BCUT2D eigenvalue weighted by atomic mass is 16.4. The summed E-state index contributed by atoms with van der Waals surface area (Å²) in [7, 11) is -1.50. The Morgan fingerprint density at radius 3 is 1.52 bits per heavy atom. The van der Waals surface area contributed by atoms with Gasteiger partial charge in [-0.2, -0.15) is 0 Å². The van der Waals surface area contributed by atoms with E-state index in [1.807, 2.05) is 18.2 Å². The Labute approximate surface area is 192 Å². The van der Waals surface area contributed by atoms with Crippen LogP contribution in [0.15, 0.2) is 115 Å². The molecule has 0 unspecified atom stereocenters. The molecule has 2 nitrogen and oxygen atoms in total. The molecule has 0 fully saturated rings. The van der Waals surface area contributed by atoms with Crippen LogP contribution in [0.25, 0.3) is 54.6 Å². The van der Waals surface area contributed by atoms with Crippen molar-refractivity contribution < 1.29 is 10.0 Å². The van der Waals surface area contributed by atoms with Gasteiger partial charge in [-0.1, -0.05) is 109 Å². The van der Waals surface area contributed by atoms with Gasteiger partial charge < -0.3 is 10.0 Å². The molecule has 6 aromatic carbocycles. The summed E-state index contributed by atoms with van der Waals surface area (Å²) in [6.45, 7) is 0. The van der Waals surface area contributed by atoms with Crippen LogP contribution in [0.1, 0.15) is 0 Å². The van der Waals surface area contributed by atoms with Gasteiger partial charge in [0.15, 0.2) is 0 Å². The van der Waals surface area contributed by atoms with E-state index in [2.05, 4.69) is 91.0 Å². The van der Waals surface area contributed by atoms with Crippen LogP contribution >= 0.6 is 0 Å². The Morgan fingerprint density at radius 2 is 0.939 bits per heavy atom. The Balaban J connectivity index is 1.74. The second kappa shape index (κ2) is 7.89. The van der Waals surface area contributed by atoms with E-state index in [4.69, 9.17) is 0 Å². The van der Waals surface area contributed by atoms with Crippen molar-refractivity contribution in [2.45, 2.75) is 0 Å². The molecule has 33 heavy (non-hydrogen) atoms. The zero-order valence-corrected chi connectivity index (χ0v) is 17.9. The average Bonchev–Trinajstić information content (AvgIpc) is 2.87. The third-order valence-corrected chi connectivity index (χ3v) is 6.44. The third-order valence-electron chi connectivity index (χ3n) is 6.44. The summed E-state index contributed by atoms with van der Waals surface area (Å²) in [5.41, 5.74) is 4.96. The van der Waals surface area contributed by atoms with Crippen LogP contribution in [0.4, 0.5) is 0 Å². The van der Waals surface area contributed by atoms with Crippen molar-refractivity contribution in [1.29, 1.82) is 0 Å². The standard InChI is InChI=1S/C30H21BO2/c32-31(33)24-11-7-10-22(19-24)29-25-12-3-5-14-27(25)30(28-15-6-4-13-26(28)29)23-17-16-20-8-1-2-9-21(20)18-23/h1-19,32-33H. The fourth-order valence-corrected chi connectivity index (χ4v) is 4.95. The van der Waals surface area contributed by atoms with Gasteiger partial charge in [0.2, 0.25) is 0 Å². The summed E-state index contributed by atoms with van der Waals surface area (Å²) in [6, 6.07) is 39.6. The second-order valence-electron chi connectivity index (χ2n) is 8.40. The summed E-state index contributed by atoms with van der Waals surface area (Å²) in [4.78, 5) is 0. The van der Waals surface area contributed by atoms with Crippen LogP contribution < -0.4 is 5.46 Å². The van der Waals surface area contributed by atoms with Gasteiger partial charge in [-0.05, 0) is 66.1 Å². The maximum Gasteiger partial charge on any atom is 0.488 e. The Hall–Kier alpha value is -3.92. The topological polar surface area (TPSA) is 40.5 Å². The smallest absolute Gasteiger partial charge is 0.423 e. The summed E-state index contributed by atoms with van der Waals surface area (Å²) in [6.07, 6.45) is 0. The summed E-state index contributed by atoms with van der Waals surface area (Å²) in [5.74, 6) is 0. The molecule has 0 radical (unpaired) electrons. The molecule has 0 aliphatic rings. The molecule has 0 bridgehead atoms. The Bertz CT molecular complexity index is 1600. The molecule has 0 saturated heterocycles. The van der Waals surface area contributed by atoms with E-state index < -0.39 is 7.12 Å². The van der Waals surface area contributed by atoms with Crippen molar-refractivity contribution in [2.75, 3.05) is 0 Å². The van der Waals surface area contributed by atoms with Gasteiger partial charge in [0.05, 0.1) is 0 Å². The van der Waals surface area contributed by atoms with Gasteiger partial charge in [0.1, 0.15) is 0 Å². The van der Waals surface area contributed by atoms with Gasteiger partial charge in [-0.25, -0.2) is 0 Å². The van der Waals surface area contributed by atoms with Gasteiger partial charge in [-0.15, -0.1) is 0 Å². The molecular formula is C30H21BO2. The molecule has 0 atom stereocenters. The van der Waals surface area contributed by atoms with Gasteiger partial charge in [0.25, 0.3) is 0 Å². The number of fused-ring (bicyclic) bond motifs is 3. The monoisotopic (exact) mass is 424 g/mol. The maximum absolute atomic E-state index is 9.76. The van der Waals surface area contributed by atoms with E-state index in [0.717, 1.165) is 21.9 Å². The minimum atomic E-state index is -1.50. The van der Waals surface area contributed by atoms with Crippen LogP contribution in [0.3, 0.4) is 0 Å². The first kappa shape index (κ1) is 19.7. The third kappa shape index (κ3) is 3.30. The van der Waals surface area contributed by atoms with E-state index in [-0.39, 0.29) is 0 Å². The summed E-state index contributed by atoms with van der Waals surface area (Å²) < 4.78 is 0. The Morgan fingerprint density at radius 1 is 0.424 bits per heavy atom. The molecule has 0 heterocycles. The van der Waals surface area contributed by atoms with Crippen LogP contribution in [0.5, 0.6) is 0 Å². The molecule has 0 spiro atoms. The molecule has 6 aromatic rings. The van der Waals surface area contributed by atoms with Crippen molar-refractivity contribution in [1.82, 2.24) is 0 Å². The maximum atomic E-state index is 9.76. The van der Waals surface area contributed by atoms with E-state index in [1.165, 1.54) is 32.7 Å². The normalized spacial score (nSPS) is 11.3. The summed E-state index contributed by atoms with van der Waals surface area (Å²) >= 11 is 0. The zero-order chi connectivity index (χ0) is 22.4. The van der Waals surface area contributed by atoms with Crippen molar-refractivity contribution in [3.63, 3.8) is 0 Å². The van der Waals surface area contributed by atoms with Crippen LogP contribution in [-0.4, -0.2) is 17.2 Å². The average molecular weight is 424 g/mol. The first-order valence-corrected chi connectivity index (χ1v) is 11.1. The minimum absolute atomic E-state index is 0.485. The first-order chi connectivity index (χ1) is 16.2. The molecule has 156 valence electrons. The molecule has 0 saturated carbocycles. The van der Waals surface area contributed by atoms with E-state index >= 15 is 0 Å². The molecule has 6 rings (SSSR count). The predicted octanol–water partition coefficient (Wildman–Crippen LogP) is 6.16. The van der Waals surface area contributed by atoms with Gasteiger partial charge in [0, 0.05) is 0 Å². The van der Waals surface area contributed by atoms with Crippen LogP contribution in [0.2, 0.25) is 0 Å². The van der Waals surface area contributed by atoms with Crippen molar-refractivity contribution in [3.8, 4) is 22.3 Å². The van der Waals surface area contributed by atoms with E-state index in [1.54, 1.807) is 6.07 Å². The lowest BCUT2D eigenvalue weighted by Crippen LogP contribution is -2.29. The molecule has 0 aliphatic carbocycles. The Kier molecular flexibility index (Phi) is 4.72. The van der Waals surface area contributed by atoms with Crippen LogP contribution in [-0.2, 0) is 0 Å².